The van der Waals surface area contributed by atoms with E-state index in [0.717, 1.165) is 54.6 Å². The number of benzene rings is 1. The summed E-state index contributed by atoms with van der Waals surface area (Å²) >= 11 is 0. The molecule has 0 aliphatic carbocycles. The number of ether oxygens (including phenoxy) is 1. The zero-order valence-electron chi connectivity index (χ0n) is 13.1. The van der Waals surface area contributed by atoms with Crippen LogP contribution < -0.4 is 10.1 Å². The third-order valence-corrected chi connectivity index (χ3v) is 3.66. The normalized spacial score (nSPS) is 10.6. The van der Waals surface area contributed by atoms with Crippen LogP contribution in [-0.4, -0.2) is 23.7 Å². The fourth-order valence-corrected chi connectivity index (χ4v) is 2.50. The van der Waals surface area contributed by atoms with E-state index in [1.807, 2.05) is 18.2 Å². The van der Waals surface area contributed by atoms with Crippen molar-refractivity contribution < 1.29 is 9.84 Å². The summed E-state index contributed by atoms with van der Waals surface area (Å²) in [5, 5.41) is 13.6. The molecule has 0 aliphatic heterocycles. The summed E-state index contributed by atoms with van der Waals surface area (Å²) in [4.78, 5) is 4.40. The molecule has 0 aliphatic rings. The minimum Gasteiger partial charge on any atom is -0.513 e. The molecule has 1 heterocycles. The first kappa shape index (κ1) is 16.1. The zero-order chi connectivity index (χ0) is 15.8. The molecule has 2 aromatic rings. The van der Waals surface area contributed by atoms with Crippen LogP contribution in [0.3, 0.4) is 0 Å². The maximum Gasteiger partial charge on any atom is 0.145 e. The quantitative estimate of drug-likeness (QED) is 0.521. The number of fused-ring (bicyclic) bond motifs is 1. The van der Waals surface area contributed by atoms with Crippen LogP contribution in [0.2, 0.25) is 0 Å². The van der Waals surface area contributed by atoms with Gasteiger partial charge in [-0.05, 0) is 25.0 Å². The number of hydrogen-bond donors (Lipinski definition) is 2. The molecule has 0 unspecified atom stereocenters. The van der Waals surface area contributed by atoms with Crippen molar-refractivity contribution in [1.29, 1.82) is 0 Å². The van der Waals surface area contributed by atoms with Crippen LogP contribution in [0.15, 0.2) is 42.8 Å². The number of aromatic nitrogens is 1. The van der Waals surface area contributed by atoms with E-state index in [9.17, 15) is 0 Å². The van der Waals surface area contributed by atoms with Gasteiger partial charge in [0.15, 0.2) is 0 Å². The van der Waals surface area contributed by atoms with Crippen LogP contribution in [0.1, 0.15) is 32.1 Å². The summed E-state index contributed by atoms with van der Waals surface area (Å²) in [6.45, 7) is 4.43. The van der Waals surface area contributed by atoms with Gasteiger partial charge in [-0.2, -0.15) is 0 Å². The van der Waals surface area contributed by atoms with Crippen LogP contribution in [0, 0.1) is 0 Å². The van der Waals surface area contributed by atoms with Gasteiger partial charge in [0.1, 0.15) is 11.3 Å². The zero-order valence-corrected chi connectivity index (χ0v) is 13.1. The number of aliphatic hydroxyl groups is 1. The fraction of sp³-hybridized carbons (Fsp3) is 0.389. The smallest absolute Gasteiger partial charge is 0.145 e. The van der Waals surface area contributed by atoms with Crippen LogP contribution in [0.4, 0.5) is 5.69 Å². The first-order chi connectivity index (χ1) is 10.7. The van der Waals surface area contributed by atoms with Gasteiger partial charge in [-0.15, -0.1) is 0 Å². The Bertz CT molecular complexity index is 626. The van der Waals surface area contributed by atoms with E-state index in [1.54, 1.807) is 13.3 Å². The molecule has 1 aromatic heterocycles. The molecule has 0 atom stereocenters. The van der Waals surface area contributed by atoms with Gasteiger partial charge in [0.05, 0.1) is 12.9 Å². The summed E-state index contributed by atoms with van der Waals surface area (Å²) in [6, 6.07) is 7.96. The molecule has 0 bridgehead atoms. The highest BCUT2D eigenvalue weighted by Gasteiger charge is 2.05. The van der Waals surface area contributed by atoms with E-state index in [0.29, 0.717) is 6.42 Å². The standard InChI is InChI=1S/C18H24N2O2/c1-14(21)8-5-3-4-6-12-19-16-11-13-20-18-15(16)9-7-10-17(18)22-2/h7,9-11,13,21H,1,3-6,8,12H2,2H3,(H,19,20). The van der Waals surface area contributed by atoms with Crippen molar-refractivity contribution in [2.45, 2.75) is 32.1 Å². The number of pyridine rings is 1. The molecular weight excluding hydrogens is 276 g/mol. The van der Waals surface area contributed by atoms with E-state index >= 15 is 0 Å². The molecule has 0 saturated heterocycles. The monoisotopic (exact) mass is 300 g/mol. The molecule has 22 heavy (non-hydrogen) atoms. The Morgan fingerprint density at radius 3 is 2.82 bits per heavy atom. The van der Waals surface area contributed by atoms with Crippen molar-refractivity contribution in [2.75, 3.05) is 19.0 Å². The number of nitrogens with zero attached hydrogens (tertiary/aromatic N) is 1. The predicted molar refractivity (Wildman–Crippen MR) is 91.6 cm³/mol. The number of methoxy groups -OCH3 is 1. The van der Waals surface area contributed by atoms with Crippen molar-refractivity contribution in [2.24, 2.45) is 0 Å². The molecule has 118 valence electrons. The van der Waals surface area contributed by atoms with Crippen molar-refractivity contribution >= 4 is 16.6 Å². The highest BCUT2D eigenvalue weighted by atomic mass is 16.5. The third kappa shape index (κ3) is 4.38. The first-order valence-electron chi connectivity index (χ1n) is 7.74. The predicted octanol–water partition coefficient (Wildman–Crippen LogP) is 4.68. The molecule has 0 amide bonds. The van der Waals surface area contributed by atoms with Gasteiger partial charge >= 0.3 is 0 Å². The van der Waals surface area contributed by atoms with Gasteiger partial charge in [-0.1, -0.05) is 31.6 Å². The topological polar surface area (TPSA) is 54.4 Å². The van der Waals surface area contributed by atoms with Crippen LogP contribution in [0.25, 0.3) is 10.9 Å². The Morgan fingerprint density at radius 2 is 2.05 bits per heavy atom. The van der Waals surface area contributed by atoms with E-state index in [-0.39, 0.29) is 5.76 Å². The van der Waals surface area contributed by atoms with E-state index in [4.69, 9.17) is 9.84 Å². The van der Waals surface area contributed by atoms with E-state index < -0.39 is 0 Å². The minimum absolute atomic E-state index is 0.287. The second-order valence-corrected chi connectivity index (χ2v) is 5.37. The number of nitrogens with one attached hydrogen (secondary N) is 1. The van der Waals surface area contributed by atoms with Crippen molar-refractivity contribution in [3.63, 3.8) is 0 Å². The fourth-order valence-electron chi connectivity index (χ4n) is 2.50. The van der Waals surface area contributed by atoms with E-state index in [1.165, 1.54) is 0 Å². The van der Waals surface area contributed by atoms with Gasteiger partial charge < -0.3 is 15.2 Å². The lowest BCUT2D eigenvalue weighted by atomic mass is 10.1. The average molecular weight is 300 g/mol. The Balaban J connectivity index is 1.86. The lowest BCUT2D eigenvalue weighted by Gasteiger charge is -2.11. The van der Waals surface area contributed by atoms with Gasteiger partial charge in [0.2, 0.25) is 0 Å². The molecule has 4 heteroatoms. The largest absolute Gasteiger partial charge is 0.513 e. The Labute approximate surface area is 131 Å². The number of hydrogen-bond acceptors (Lipinski definition) is 4. The van der Waals surface area contributed by atoms with Crippen LogP contribution in [0.5, 0.6) is 5.75 Å². The summed E-state index contributed by atoms with van der Waals surface area (Å²) in [5.41, 5.74) is 1.98. The van der Waals surface area contributed by atoms with Crippen molar-refractivity contribution in [3.05, 3.63) is 42.8 Å². The SMILES string of the molecule is C=C(O)CCCCCCNc1ccnc2c(OC)cccc12. The highest BCUT2D eigenvalue weighted by Crippen LogP contribution is 2.28. The second kappa shape index (κ2) is 8.27. The lowest BCUT2D eigenvalue weighted by molar-refractivity contribution is 0.383. The minimum atomic E-state index is 0.287. The molecule has 0 fully saturated rings. The first-order valence-corrected chi connectivity index (χ1v) is 7.74. The van der Waals surface area contributed by atoms with Gasteiger partial charge in [-0.3, -0.25) is 4.98 Å². The summed E-state index contributed by atoms with van der Waals surface area (Å²) in [5.74, 6) is 1.08. The Morgan fingerprint density at radius 1 is 1.23 bits per heavy atom. The molecule has 0 spiro atoms. The number of aliphatic hydroxyl groups excluding tert-OH is 1. The number of allylic oxidation sites excluding steroid dienone is 1. The van der Waals surface area contributed by atoms with Crippen molar-refractivity contribution in [1.82, 2.24) is 4.98 Å². The molecule has 1 aromatic carbocycles. The number of anilines is 1. The van der Waals surface area contributed by atoms with Crippen LogP contribution in [-0.2, 0) is 0 Å². The highest BCUT2D eigenvalue weighted by molar-refractivity contribution is 5.94. The maximum absolute atomic E-state index is 9.02. The van der Waals surface area contributed by atoms with Crippen molar-refractivity contribution in [3.8, 4) is 5.75 Å². The number of unbranched alkanes of at least 4 members (excludes halogenated alkanes) is 3. The molecule has 0 saturated carbocycles. The Kier molecular flexibility index (Phi) is 6.07. The van der Waals surface area contributed by atoms with Gasteiger partial charge in [0, 0.05) is 30.2 Å². The Hall–Kier alpha value is -2.23. The summed E-state index contributed by atoms with van der Waals surface area (Å²) in [6.07, 6.45) is 6.89. The molecule has 2 rings (SSSR count). The summed E-state index contributed by atoms with van der Waals surface area (Å²) < 4.78 is 5.35. The molecule has 0 radical (unpaired) electrons. The molecular formula is C18H24N2O2. The number of para-hydroxylation sites is 1. The van der Waals surface area contributed by atoms with Crippen LogP contribution >= 0.6 is 0 Å². The lowest BCUT2D eigenvalue weighted by Crippen LogP contribution is -2.02. The van der Waals surface area contributed by atoms with E-state index in [2.05, 4.69) is 22.9 Å². The average Bonchev–Trinajstić information content (AvgIpc) is 2.53. The molecule has 4 nitrogen and oxygen atoms in total. The second-order valence-electron chi connectivity index (χ2n) is 5.37. The molecule has 2 N–H and O–H groups in total. The number of rotatable bonds is 9. The van der Waals surface area contributed by atoms with Gasteiger partial charge in [0.25, 0.3) is 0 Å². The summed E-state index contributed by atoms with van der Waals surface area (Å²) in [7, 11) is 1.66. The maximum atomic E-state index is 9.02. The van der Waals surface area contributed by atoms with Gasteiger partial charge in [-0.25, -0.2) is 0 Å². The third-order valence-electron chi connectivity index (χ3n) is 3.66.